The summed E-state index contributed by atoms with van der Waals surface area (Å²) in [5.74, 6) is 0.540. The van der Waals surface area contributed by atoms with Crippen molar-refractivity contribution < 1.29 is 9.66 Å². The van der Waals surface area contributed by atoms with E-state index in [2.05, 4.69) is 0 Å². The quantitative estimate of drug-likeness (QED) is 0.453. The van der Waals surface area contributed by atoms with Gasteiger partial charge in [0.05, 0.1) is 11.0 Å². The molecule has 80 valence electrons. The van der Waals surface area contributed by atoms with Gasteiger partial charge < -0.3 is 4.74 Å². The first-order valence-corrected chi connectivity index (χ1v) is 5.14. The van der Waals surface area contributed by atoms with Crippen molar-refractivity contribution in [2.24, 2.45) is 0 Å². The van der Waals surface area contributed by atoms with Crippen LogP contribution >= 0.6 is 11.6 Å². The number of nitro benzene ring substituents is 1. The lowest BCUT2D eigenvalue weighted by atomic mass is 9.95. The summed E-state index contributed by atoms with van der Waals surface area (Å²) in [5, 5.41) is 10.7. The van der Waals surface area contributed by atoms with Gasteiger partial charge in [0.2, 0.25) is 0 Å². The molecular formula is C10H10ClNO3. The fourth-order valence-electron chi connectivity index (χ4n) is 1.46. The maximum Gasteiger partial charge on any atom is 0.273 e. The molecule has 2 rings (SSSR count). The number of non-ortho nitro benzene ring substituents is 1. The Morgan fingerprint density at radius 1 is 1.47 bits per heavy atom. The van der Waals surface area contributed by atoms with Gasteiger partial charge in [-0.25, -0.2) is 0 Å². The number of alkyl halides is 1. The third kappa shape index (κ3) is 2.39. The summed E-state index contributed by atoms with van der Waals surface area (Å²) in [5.41, 5.74) is 0.0502. The van der Waals surface area contributed by atoms with Crippen LogP contribution in [0.1, 0.15) is 12.8 Å². The lowest BCUT2D eigenvalue weighted by Crippen LogP contribution is -2.34. The predicted molar refractivity (Wildman–Crippen MR) is 56.4 cm³/mol. The van der Waals surface area contributed by atoms with Crippen LogP contribution in [0, 0.1) is 10.1 Å². The van der Waals surface area contributed by atoms with Gasteiger partial charge in [0.25, 0.3) is 5.69 Å². The van der Waals surface area contributed by atoms with Crippen molar-refractivity contribution >= 4 is 17.3 Å². The molecule has 0 atom stereocenters. The zero-order chi connectivity index (χ0) is 10.8. The first-order chi connectivity index (χ1) is 7.15. The Balaban J connectivity index is 2.02. The van der Waals surface area contributed by atoms with Crippen molar-refractivity contribution in [3.05, 3.63) is 34.4 Å². The lowest BCUT2D eigenvalue weighted by molar-refractivity contribution is -0.385. The zero-order valence-electron chi connectivity index (χ0n) is 7.93. The number of nitrogens with zero attached hydrogens (tertiary/aromatic N) is 1. The maximum atomic E-state index is 10.5. The molecule has 0 radical (unpaired) electrons. The third-order valence-electron chi connectivity index (χ3n) is 2.37. The van der Waals surface area contributed by atoms with Gasteiger partial charge in [0.15, 0.2) is 0 Å². The molecule has 1 aromatic carbocycles. The second kappa shape index (κ2) is 4.06. The van der Waals surface area contributed by atoms with E-state index in [4.69, 9.17) is 16.3 Å². The van der Waals surface area contributed by atoms with E-state index in [1.54, 1.807) is 12.1 Å². The first kappa shape index (κ1) is 10.2. The van der Waals surface area contributed by atoms with E-state index in [9.17, 15) is 10.1 Å². The summed E-state index contributed by atoms with van der Waals surface area (Å²) in [6.45, 7) is 0. The van der Waals surface area contributed by atoms with Gasteiger partial charge in [-0.05, 0) is 6.07 Å². The normalized spacial score (nSPS) is 24.3. The molecule has 15 heavy (non-hydrogen) atoms. The van der Waals surface area contributed by atoms with Gasteiger partial charge in [0, 0.05) is 24.3 Å². The summed E-state index contributed by atoms with van der Waals surface area (Å²) >= 11 is 5.80. The Kier molecular flexibility index (Phi) is 2.77. The Bertz CT molecular complexity index is 377. The lowest BCUT2D eigenvalue weighted by Gasteiger charge is -2.31. The Morgan fingerprint density at radius 3 is 2.80 bits per heavy atom. The number of rotatable bonds is 3. The maximum absolute atomic E-state index is 10.5. The molecule has 0 amide bonds. The van der Waals surface area contributed by atoms with Gasteiger partial charge >= 0.3 is 0 Å². The highest BCUT2D eigenvalue weighted by molar-refractivity contribution is 6.21. The van der Waals surface area contributed by atoms with Crippen molar-refractivity contribution in [3.8, 4) is 5.75 Å². The molecular weight excluding hydrogens is 218 g/mol. The van der Waals surface area contributed by atoms with Crippen LogP contribution in [-0.4, -0.2) is 16.4 Å². The van der Waals surface area contributed by atoms with Crippen LogP contribution in [0.4, 0.5) is 5.69 Å². The minimum absolute atomic E-state index is 0.0502. The highest BCUT2D eigenvalue weighted by Crippen LogP contribution is 2.30. The average molecular weight is 228 g/mol. The number of ether oxygens (including phenoxy) is 1. The minimum Gasteiger partial charge on any atom is -0.490 e. The van der Waals surface area contributed by atoms with Gasteiger partial charge in [-0.1, -0.05) is 6.07 Å². The molecule has 4 nitrogen and oxygen atoms in total. The van der Waals surface area contributed by atoms with Gasteiger partial charge in [0.1, 0.15) is 11.9 Å². The molecule has 5 heteroatoms. The van der Waals surface area contributed by atoms with Crippen molar-refractivity contribution in [1.29, 1.82) is 0 Å². The summed E-state index contributed by atoms with van der Waals surface area (Å²) in [4.78, 5) is 10.1. The molecule has 1 aliphatic rings. The van der Waals surface area contributed by atoms with E-state index in [1.165, 1.54) is 12.1 Å². The van der Waals surface area contributed by atoms with E-state index < -0.39 is 4.92 Å². The highest BCUT2D eigenvalue weighted by atomic mass is 35.5. The van der Waals surface area contributed by atoms with Crippen LogP contribution in [0.15, 0.2) is 24.3 Å². The average Bonchev–Trinajstić information content (AvgIpc) is 2.16. The second-order valence-electron chi connectivity index (χ2n) is 3.56. The molecule has 1 saturated carbocycles. The van der Waals surface area contributed by atoms with Gasteiger partial charge in [-0.2, -0.15) is 0 Å². The fourth-order valence-corrected chi connectivity index (χ4v) is 1.86. The standard InChI is InChI=1S/C10H10ClNO3/c11-7-4-10(5-7)15-9-3-1-2-8(6-9)12(13)14/h1-3,6-7,10H,4-5H2. The Morgan fingerprint density at radius 2 is 2.20 bits per heavy atom. The zero-order valence-corrected chi connectivity index (χ0v) is 8.68. The molecule has 1 aliphatic carbocycles. The van der Waals surface area contributed by atoms with E-state index in [1.807, 2.05) is 0 Å². The molecule has 0 aliphatic heterocycles. The summed E-state index contributed by atoms with van der Waals surface area (Å²) in [6, 6.07) is 6.21. The van der Waals surface area contributed by atoms with Crippen LogP contribution in [0.3, 0.4) is 0 Å². The van der Waals surface area contributed by atoms with Crippen LogP contribution < -0.4 is 4.74 Å². The largest absolute Gasteiger partial charge is 0.490 e. The molecule has 0 saturated heterocycles. The first-order valence-electron chi connectivity index (χ1n) is 4.70. The molecule has 0 spiro atoms. The van der Waals surface area contributed by atoms with Crippen LogP contribution in [-0.2, 0) is 0 Å². The predicted octanol–water partition coefficient (Wildman–Crippen LogP) is 2.74. The van der Waals surface area contributed by atoms with Crippen LogP contribution in [0.5, 0.6) is 5.75 Å². The van der Waals surface area contributed by atoms with Crippen molar-refractivity contribution in [3.63, 3.8) is 0 Å². The van der Waals surface area contributed by atoms with E-state index in [0.29, 0.717) is 5.75 Å². The number of hydrogen-bond donors (Lipinski definition) is 0. The summed E-state index contributed by atoms with van der Waals surface area (Å²) in [6.07, 6.45) is 1.73. The highest BCUT2D eigenvalue weighted by Gasteiger charge is 2.29. The molecule has 1 aromatic rings. The number of halogens is 1. The van der Waals surface area contributed by atoms with Gasteiger partial charge in [-0.15, -0.1) is 11.6 Å². The molecule has 1 fully saturated rings. The third-order valence-corrected chi connectivity index (χ3v) is 2.72. The molecule has 0 heterocycles. The molecule has 0 unspecified atom stereocenters. The van der Waals surface area contributed by atoms with E-state index in [-0.39, 0.29) is 17.2 Å². The van der Waals surface area contributed by atoms with Crippen LogP contribution in [0.2, 0.25) is 0 Å². The second-order valence-corrected chi connectivity index (χ2v) is 4.18. The van der Waals surface area contributed by atoms with Crippen molar-refractivity contribution in [2.75, 3.05) is 0 Å². The molecule has 0 bridgehead atoms. The van der Waals surface area contributed by atoms with Crippen molar-refractivity contribution in [1.82, 2.24) is 0 Å². The van der Waals surface area contributed by atoms with E-state index >= 15 is 0 Å². The van der Waals surface area contributed by atoms with Crippen LogP contribution in [0.25, 0.3) is 0 Å². The summed E-state index contributed by atoms with van der Waals surface area (Å²) in [7, 11) is 0. The number of benzene rings is 1. The Hall–Kier alpha value is -1.29. The van der Waals surface area contributed by atoms with Crippen molar-refractivity contribution in [2.45, 2.75) is 24.3 Å². The minimum atomic E-state index is -0.433. The Labute approximate surface area is 92.0 Å². The van der Waals surface area contributed by atoms with E-state index in [0.717, 1.165) is 12.8 Å². The van der Waals surface area contributed by atoms with Gasteiger partial charge in [-0.3, -0.25) is 10.1 Å². The smallest absolute Gasteiger partial charge is 0.273 e. The SMILES string of the molecule is O=[N+]([O-])c1cccc(OC2CC(Cl)C2)c1. The topological polar surface area (TPSA) is 52.4 Å². The number of hydrogen-bond acceptors (Lipinski definition) is 3. The molecule has 0 aromatic heterocycles. The monoisotopic (exact) mass is 227 g/mol. The molecule has 0 N–H and O–H groups in total. The fraction of sp³-hybridized carbons (Fsp3) is 0.400. The summed E-state index contributed by atoms with van der Waals surface area (Å²) < 4.78 is 5.52. The number of nitro groups is 1.